The number of hydrogen-bond acceptors (Lipinski definition) is 7. The van der Waals surface area contributed by atoms with Gasteiger partial charge in [0, 0.05) is 19.6 Å². The standard InChI is InChI=1S/C21H21N5O5S2/c22-33(30,31)15-7-5-14(6-8-15)9-11-26-19(28)16-3-1-2-4-17(16)24-21(26)32-13-18(27)25-12-10-23-20(25)29/h1-8H,9-13H2,(H,23,29)(H2,22,30,31). The largest absolute Gasteiger partial charge is 0.336 e. The third kappa shape index (κ3) is 5.07. The van der Waals surface area contributed by atoms with Gasteiger partial charge in [0.2, 0.25) is 15.9 Å². The van der Waals surface area contributed by atoms with Crippen molar-refractivity contribution in [1.29, 1.82) is 0 Å². The number of primary sulfonamides is 1. The summed E-state index contributed by atoms with van der Waals surface area (Å²) in [6.45, 7) is 0.995. The van der Waals surface area contributed by atoms with Crippen LogP contribution in [-0.2, 0) is 27.8 Å². The number of aromatic nitrogens is 2. The van der Waals surface area contributed by atoms with E-state index in [1.54, 1.807) is 36.4 Å². The van der Waals surface area contributed by atoms with E-state index in [-0.39, 0.29) is 28.7 Å². The number of hydrogen-bond donors (Lipinski definition) is 2. The first-order valence-corrected chi connectivity index (χ1v) is 12.6. The second-order valence-corrected chi connectivity index (χ2v) is 9.88. The molecule has 1 fully saturated rings. The summed E-state index contributed by atoms with van der Waals surface area (Å²) in [4.78, 5) is 43.1. The number of nitrogens with one attached hydrogen (secondary N) is 1. The van der Waals surface area contributed by atoms with Crippen LogP contribution in [0.2, 0.25) is 0 Å². The van der Waals surface area contributed by atoms with Crippen LogP contribution < -0.4 is 16.0 Å². The fourth-order valence-corrected chi connectivity index (χ4v) is 4.87. The van der Waals surface area contributed by atoms with Crippen molar-refractivity contribution in [3.05, 3.63) is 64.4 Å². The highest BCUT2D eigenvalue weighted by molar-refractivity contribution is 7.99. The SMILES string of the molecule is NS(=O)(=O)c1ccc(CCn2c(SCC(=O)N3CCNC3=O)nc3ccccc3c2=O)cc1. The number of para-hydroxylation sites is 1. The fraction of sp³-hybridized carbons (Fsp3) is 0.238. The average molecular weight is 488 g/mol. The lowest BCUT2D eigenvalue weighted by Crippen LogP contribution is -2.35. The van der Waals surface area contributed by atoms with Crippen LogP contribution in [0.1, 0.15) is 5.56 Å². The van der Waals surface area contributed by atoms with E-state index in [0.29, 0.717) is 35.6 Å². The van der Waals surface area contributed by atoms with Gasteiger partial charge in [-0.25, -0.2) is 23.3 Å². The molecule has 0 aliphatic carbocycles. The van der Waals surface area contributed by atoms with Gasteiger partial charge >= 0.3 is 6.03 Å². The lowest BCUT2D eigenvalue weighted by molar-refractivity contribution is -0.124. The van der Waals surface area contributed by atoms with Gasteiger partial charge in [0.25, 0.3) is 5.56 Å². The Bertz CT molecular complexity index is 1390. The lowest BCUT2D eigenvalue weighted by Gasteiger charge is -2.15. The molecule has 2 aromatic carbocycles. The van der Waals surface area contributed by atoms with E-state index >= 15 is 0 Å². The van der Waals surface area contributed by atoms with Gasteiger partial charge in [-0.15, -0.1) is 0 Å². The summed E-state index contributed by atoms with van der Waals surface area (Å²) in [6.07, 6.45) is 0.431. The van der Waals surface area contributed by atoms with Crippen LogP contribution in [0.5, 0.6) is 0 Å². The van der Waals surface area contributed by atoms with Crippen LogP contribution in [0.15, 0.2) is 63.4 Å². The molecule has 3 N–H and O–H groups in total. The zero-order valence-corrected chi connectivity index (χ0v) is 19.1. The molecule has 3 aromatic rings. The van der Waals surface area contributed by atoms with Crippen LogP contribution in [0.25, 0.3) is 10.9 Å². The van der Waals surface area contributed by atoms with Crippen LogP contribution in [-0.4, -0.2) is 53.6 Å². The third-order valence-electron chi connectivity index (χ3n) is 5.19. The Kier molecular flexibility index (Phi) is 6.49. The number of carbonyl (C=O) groups is 2. The molecule has 4 rings (SSSR count). The molecule has 1 aromatic heterocycles. The Balaban J connectivity index is 1.59. The number of thioether (sulfide) groups is 1. The quantitative estimate of drug-likeness (QED) is 0.373. The van der Waals surface area contributed by atoms with Crippen LogP contribution in [0, 0.1) is 0 Å². The third-order valence-corrected chi connectivity index (χ3v) is 7.08. The first-order chi connectivity index (χ1) is 15.7. The number of urea groups is 1. The average Bonchev–Trinajstić information content (AvgIpc) is 3.22. The minimum absolute atomic E-state index is 0.0106. The fourth-order valence-electron chi connectivity index (χ4n) is 3.46. The van der Waals surface area contributed by atoms with Gasteiger partial charge in [-0.3, -0.25) is 19.1 Å². The Morgan fingerprint density at radius 3 is 2.52 bits per heavy atom. The van der Waals surface area contributed by atoms with Gasteiger partial charge in [0.05, 0.1) is 21.6 Å². The summed E-state index contributed by atoms with van der Waals surface area (Å²) >= 11 is 1.10. The van der Waals surface area contributed by atoms with Gasteiger partial charge in [-0.2, -0.15) is 0 Å². The Labute approximate surface area is 193 Å². The van der Waals surface area contributed by atoms with Crippen molar-refractivity contribution in [3.63, 3.8) is 0 Å². The Morgan fingerprint density at radius 1 is 1.12 bits per heavy atom. The molecule has 0 atom stereocenters. The predicted octanol–water partition coefficient (Wildman–Crippen LogP) is 0.931. The topological polar surface area (TPSA) is 144 Å². The minimum atomic E-state index is -3.78. The molecule has 172 valence electrons. The first kappa shape index (κ1) is 23.0. The summed E-state index contributed by atoms with van der Waals surface area (Å²) in [7, 11) is -3.78. The zero-order chi connectivity index (χ0) is 23.6. The van der Waals surface area contributed by atoms with Crippen molar-refractivity contribution >= 4 is 44.6 Å². The van der Waals surface area contributed by atoms with Crippen molar-refractivity contribution in [1.82, 2.24) is 19.8 Å². The number of benzene rings is 2. The molecular weight excluding hydrogens is 466 g/mol. The molecule has 1 aliphatic rings. The summed E-state index contributed by atoms with van der Waals surface area (Å²) in [5.41, 5.74) is 1.09. The van der Waals surface area contributed by atoms with Gasteiger partial charge in [0.15, 0.2) is 5.16 Å². The Morgan fingerprint density at radius 2 is 1.85 bits per heavy atom. The van der Waals surface area contributed by atoms with E-state index in [1.165, 1.54) is 16.7 Å². The number of rotatable bonds is 7. The number of fused-ring (bicyclic) bond motifs is 1. The van der Waals surface area contributed by atoms with Crippen molar-refractivity contribution in [2.24, 2.45) is 5.14 Å². The number of carbonyl (C=O) groups excluding carboxylic acids is 2. The summed E-state index contributed by atoms with van der Waals surface area (Å²) in [6, 6.07) is 12.6. The number of amides is 3. The van der Waals surface area contributed by atoms with E-state index < -0.39 is 16.1 Å². The number of imide groups is 1. The van der Waals surface area contributed by atoms with Crippen molar-refractivity contribution in [2.45, 2.75) is 23.0 Å². The van der Waals surface area contributed by atoms with Crippen LogP contribution >= 0.6 is 11.8 Å². The second kappa shape index (κ2) is 9.33. The number of nitrogens with two attached hydrogens (primary N) is 1. The van der Waals surface area contributed by atoms with Crippen molar-refractivity contribution < 1.29 is 18.0 Å². The van der Waals surface area contributed by atoms with Gasteiger partial charge < -0.3 is 5.32 Å². The molecule has 33 heavy (non-hydrogen) atoms. The van der Waals surface area contributed by atoms with Gasteiger partial charge in [-0.05, 0) is 36.2 Å². The molecule has 0 bridgehead atoms. The maximum atomic E-state index is 13.2. The summed E-state index contributed by atoms with van der Waals surface area (Å²) in [5.74, 6) is -0.399. The predicted molar refractivity (Wildman–Crippen MR) is 123 cm³/mol. The molecular formula is C21H21N5O5S2. The molecule has 10 nitrogen and oxygen atoms in total. The van der Waals surface area contributed by atoms with Crippen LogP contribution in [0.3, 0.4) is 0 Å². The molecule has 0 spiro atoms. The zero-order valence-electron chi connectivity index (χ0n) is 17.4. The van der Waals surface area contributed by atoms with E-state index in [4.69, 9.17) is 5.14 Å². The number of aryl methyl sites for hydroxylation is 1. The maximum Gasteiger partial charge on any atom is 0.324 e. The second-order valence-electron chi connectivity index (χ2n) is 7.37. The highest BCUT2D eigenvalue weighted by Gasteiger charge is 2.26. The minimum Gasteiger partial charge on any atom is -0.336 e. The van der Waals surface area contributed by atoms with Crippen molar-refractivity contribution in [3.8, 4) is 0 Å². The monoisotopic (exact) mass is 487 g/mol. The normalized spacial score (nSPS) is 14.0. The molecule has 1 aliphatic heterocycles. The van der Waals surface area contributed by atoms with Crippen molar-refractivity contribution in [2.75, 3.05) is 18.8 Å². The smallest absolute Gasteiger partial charge is 0.324 e. The summed E-state index contributed by atoms with van der Waals surface area (Å²) < 4.78 is 24.4. The first-order valence-electron chi connectivity index (χ1n) is 10.1. The molecule has 2 heterocycles. The molecule has 0 unspecified atom stereocenters. The molecule has 1 saturated heterocycles. The molecule has 12 heteroatoms. The van der Waals surface area contributed by atoms with Gasteiger partial charge in [0.1, 0.15) is 0 Å². The lowest BCUT2D eigenvalue weighted by atomic mass is 10.1. The van der Waals surface area contributed by atoms with E-state index in [0.717, 1.165) is 22.2 Å². The molecule has 0 radical (unpaired) electrons. The Hall–Kier alpha value is -3.22. The highest BCUT2D eigenvalue weighted by atomic mass is 32.2. The van der Waals surface area contributed by atoms with E-state index in [2.05, 4.69) is 10.3 Å². The molecule has 3 amide bonds. The van der Waals surface area contributed by atoms with E-state index in [1.807, 2.05) is 0 Å². The number of sulfonamides is 1. The van der Waals surface area contributed by atoms with E-state index in [9.17, 15) is 22.8 Å². The maximum absolute atomic E-state index is 13.2. The highest BCUT2D eigenvalue weighted by Crippen LogP contribution is 2.20. The molecule has 0 saturated carbocycles. The number of nitrogens with zero attached hydrogens (tertiary/aromatic N) is 3. The summed E-state index contributed by atoms with van der Waals surface area (Å²) in [5, 5.41) is 8.54. The van der Waals surface area contributed by atoms with Crippen LogP contribution in [0.4, 0.5) is 4.79 Å². The van der Waals surface area contributed by atoms with Gasteiger partial charge in [-0.1, -0.05) is 36.0 Å².